The van der Waals surface area contributed by atoms with Crippen molar-refractivity contribution < 1.29 is 4.74 Å². The maximum absolute atomic E-state index is 7.20. The molecule has 0 fully saturated rings. The van der Waals surface area contributed by atoms with Crippen LogP contribution in [0, 0.1) is 5.41 Å². The second-order valence-corrected chi connectivity index (χ2v) is 5.56. The van der Waals surface area contributed by atoms with Gasteiger partial charge in [0.1, 0.15) is 5.75 Å². The highest BCUT2D eigenvalue weighted by Crippen LogP contribution is 2.32. The van der Waals surface area contributed by atoms with E-state index in [9.17, 15) is 0 Å². The van der Waals surface area contributed by atoms with Crippen LogP contribution in [0.15, 0.2) is 18.2 Å². The Bertz CT molecular complexity index is 419. The molecule has 0 aliphatic heterocycles. The van der Waals surface area contributed by atoms with Gasteiger partial charge in [-0.25, -0.2) is 0 Å². The van der Waals surface area contributed by atoms with E-state index in [0.29, 0.717) is 13.0 Å². The Labute approximate surface area is 110 Å². The number of benzene rings is 1. The number of aryl methyl sites for hydroxylation is 1. The lowest BCUT2D eigenvalue weighted by atomic mass is 9.85. The largest absolute Gasteiger partial charge is 0.493 e. The molecule has 0 atom stereocenters. The van der Waals surface area contributed by atoms with E-state index in [1.165, 1.54) is 11.1 Å². The summed E-state index contributed by atoms with van der Waals surface area (Å²) in [6.07, 6.45) is 1.50. The summed E-state index contributed by atoms with van der Waals surface area (Å²) in [5.41, 5.74) is 7.91. The zero-order valence-electron chi connectivity index (χ0n) is 11.8. The summed E-state index contributed by atoms with van der Waals surface area (Å²) < 4.78 is 5.75. The summed E-state index contributed by atoms with van der Waals surface area (Å²) in [7, 11) is 0. The Morgan fingerprint density at radius 1 is 1.33 bits per heavy atom. The van der Waals surface area contributed by atoms with E-state index in [1.807, 2.05) is 6.07 Å². The topological polar surface area (TPSA) is 59.1 Å². The first kappa shape index (κ1) is 14.6. The normalized spacial score (nSPS) is 11.3. The molecular formula is C15H24N2O. The number of nitrogens with two attached hydrogens (primary N) is 1. The third-order valence-electron chi connectivity index (χ3n) is 2.89. The lowest BCUT2D eigenvalue weighted by Gasteiger charge is -2.23. The highest BCUT2D eigenvalue weighted by atomic mass is 16.5. The second-order valence-electron chi connectivity index (χ2n) is 5.56. The fraction of sp³-hybridized carbons (Fsp3) is 0.533. The van der Waals surface area contributed by atoms with E-state index >= 15 is 0 Å². The van der Waals surface area contributed by atoms with Gasteiger partial charge in [0.25, 0.3) is 0 Å². The van der Waals surface area contributed by atoms with Gasteiger partial charge in [-0.05, 0) is 29.0 Å². The number of amidine groups is 1. The summed E-state index contributed by atoms with van der Waals surface area (Å²) >= 11 is 0. The molecule has 0 unspecified atom stereocenters. The maximum Gasteiger partial charge on any atom is 0.123 e. The van der Waals surface area contributed by atoms with Crippen LogP contribution in [0.3, 0.4) is 0 Å². The van der Waals surface area contributed by atoms with Crippen molar-refractivity contribution in [1.29, 1.82) is 5.41 Å². The predicted octanol–water partition coefficient (Wildman–Crippen LogP) is 3.25. The van der Waals surface area contributed by atoms with Crippen LogP contribution in [0.2, 0.25) is 0 Å². The molecule has 3 N–H and O–H groups in total. The van der Waals surface area contributed by atoms with Crippen molar-refractivity contribution in [2.45, 2.75) is 46.0 Å². The molecule has 0 radical (unpaired) electrons. The van der Waals surface area contributed by atoms with Crippen LogP contribution in [0.4, 0.5) is 0 Å². The fourth-order valence-corrected chi connectivity index (χ4v) is 1.78. The monoisotopic (exact) mass is 248 g/mol. The first-order chi connectivity index (χ1) is 8.34. The Kier molecular flexibility index (Phi) is 4.76. The number of hydrogen-bond acceptors (Lipinski definition) is 2. The minimum Gasteiger partial charge on any atom is -0.493 e. The number of nitrogens with one attached hydrogen (secondary N) is 1. The van der Waals surface area contributed by atoms with Gasteiger partial charge in [-0.3, -0.25) is 5.41 Å². The van der Waals surface area contributed by atoms with Gasteiger partial charge in [0, 0.05) is 6.42 Å². The molecule has 1 aromatic rings. The van der Waals surface area contributed by atoms with Crippen LogP contribution >= 0.6 is 0 Å². The molecule has 0 spiro atoms. The summed E-state index contributed by atoms with van der Waals surface area (Å²) in [4.78, 5) is 0. The number of rotatable bonds is 5. The highest BCUT2D eigenvalue weighted by Gasteiger charge is 2.19. The zero-order chi connectivity index (χ0) is 13.8. The van der Waals surface area contributed by atoms with Crippen LogP contribution < -0.4 is 10.5 Å². The Morgan fingerprint density at radius 3 is 2.50 bits per heavy atom. The molecular weight excluding hydrogens is 224 g/mol. The third kappa shape index (κ3) is 4.06. The Morgan fingerprint density at radius 2 is 2.00 bits per heavy atom. The van der Waals surface area contributed by atoms with Crippen molar-refractivity contribution in [3.05, 3.63) is 29.3 Å². The van der Waals surface area contributed by atoms with Crippen molar-refractivity contribution in [3.8, 4) is 5.75 Å². The van der Waals surface area contributed by atoms with Crippen LogP contribution in [0.1, 0.15) is 45.2 Å². The van der Waals surface area contributed by atoms with Crippen LogP contribution in [-0.4, -0.2) is 12.4 Å². The number of ether oxygens (including phenoxy) is 1. The van der Waals surface area contributed by atoms with Gasteiger partial charge in [-0.2, -0.15) is 0 Å². The summed E-state index contributed by atoms with van der Waals surface area (Å²) in [6.45, 7) is 9.15. The van der Waals surface area contributed by atoms with Crippen LogP contribution in [-0.2, 0) is 11.8 Å². The first-order valence-corrected chi connectivity index (χ1v) is 6.43. The van der Waals surface area contributed by atoms with E-state index < -0.39 is 0 Å². The van der Waals surface area contributed by atoms with Gasteiger partial charge in [0.15, 0.2) is 0 Å². The van der Waals surface area contributed by atoms with Crippen molar-refractivity contribution in [2.24, 2.45) is 5.73 Å². The van der Waals surface area contributed by atoms with E-state index in [-0.39, 0.29) is 11.3 Å². The Hall–Kier alpha value is -1.51. The minimum absolute atomic E-state index is 0.0523. The third-order valence-corrected chi connectivity index (χ3v) is 2.89. The van der Waals surface area contributed by atoms with Gasteiger partial charge in [-0.1, -0.05) is 39.8 Å². The van der Waals surface area contributed by atoms with Crippen molar-refractivity contribution >= 4 is 5.84 Å². The molecule has 0 saturated carbocycles. The summed E-state index contributed by atoms with van der Waals surface area (Å²) in [5.74, 6) is 1.07. The van der Waals surface area contributed by atoms with E-state index in [1.54, 1.807) is 0 Å². The van der Waals surface area contributed by atoms with Crippen molar-refractivity contribution in [1.82, 2.24) is 0 Å². The van der Waals surface area contributed by atoms with Gasteiger partial charge in [0.05, 0.1) is 12.4 Å². The van der Waals surface area contributed by atoms with Gasteiger partial charge in [-0.15, -0.1) is 0 Å². The molecule has 0 saturated heterocycles. The summed E-state index contributed by atoms with van der Waals surface area (Å²) in [5, 5.41) is 7.20. The Balaban J connectivity index is 2.92. The molecule has 3 nitrogen and oxygen atoms in total. The first-order valence-electron chi connectivity index (χ1n) is 6.43. The molecule has 0 aromatic heterocycles. The maximum atomic E-state index is 7.20. The second kappa shape index (κ2) is 5.89. The van der Waals surface area contributed by atoms with Crippen molar-refractivity contribution in [2.75, 3.05) is 6.61 Å². The molecule has 100 valence electrons. The summed E-state index contributed by atoms with van der Waals surface area (Å²) in [6, 6.07) is 6.33. The lowest BCUT2D eigenvalue weighted by molar-refractivity contribution is 0.319. The molecule has 0 aliphatic carbocycles. The average molecular weight is 248 g/mol. The quantitative estimate of drug-likeness (QED) is 0.620. The lowest BCUT2D eigenvalue weighted by Crippen LogP contribution is -2.17. The highest BCUT2D eigenvalue weighted by molar-refractivity contribution is 5.76. The van der Waals surface area contributed by atoms with E-state index in [4.69, 9.17) is 15.9 Å². The van der Waals surface area contributed by atoms with Crippen LogP contribution in [0.25, 0.3) is 0 Å². The predicted molar refractivity (Wildman–Crippen MR) is 76.5 cm³/mol. The van der Waals surface area contributed by atoms with Gasteiger partial charge in [0.2, 0.25) is 0 Å². The molecule has 0 aliphatic rings. The molecule has 0 heterocycles. The van der Waals surface area contributed by atoms with Crippen molar-refractivity contribution in [3.63, 3.8) is 0 Å². The smallest absolute Gasteiger partial charge is 0.123 e. The molecule has 1 aromatic carbocycles. The SMILES string of the molecule is CCc1ccc(OCCC(=N)N)c(C(C)(C)C)c1. The molecule has 3 heteroatoms. The number of hydrogen-bond donors (Lipinski definition) is 2. The van der Waals surface area contributed by atoms with E-state index in [0.717, 1.165) is 12.2 Å². The standard InChI is InChI=1S/C15H24N2O/c1-5-11-6-7-13(18-9-8-14(16)17)12(10-11)15(2,3)4/h6-7,10H,5,8-9H2,1-4H3,(H3,16,17). The fourth-order valence-electron chi connectivity index (χ4n) is 1.78. The average Bonchev–Trinajstić information content (AvgIpc) is 2.27. The molecule has 1 rings (SSSR count). The zero-order valence-corrected chi connectivity index (χ0v) is 11.8. The van der Waals surface area contributed by atoms with Crippen LogP contribution in [0.5, 0.6) is 5.75 Å². The van der Waals surface area contributed by atoms with E-state index in [2.05, 4.69) is 39.8 Å². The van der Waals surface area contributed by atoms with Gasteiger partial charge >= 0.3 is 0 Å². The minimum atomic E-state index is 0.0523. The molecule has 0 bridgehead atoms. The van der Waals surface area contributed by atoms with Gasteiger partial charge < -0.3 is 10.5 Å². The molecule has 0 amide bonds. The molecule has 18 heavy (non-hydrogen) atoms.